The van der Waals surface area contributed by atoms with E-state index in [0.29, 0.717) is 31.3 Å². The number of nitrogens with zero attached hydrogens (tertiary/aromatic N) is 3. The van der Waals surface area contributed by atoms with Crippen molar-refractivity contribution in [2.75, 3.05) is 37.7 Å². The second-order valence-corrected chi connectivity index (χ2v) is 6.84. The van der Waals surface area contributed by atoms with Crippen molar-refractivity contribution in [1.29, 1.82) is 0 Å². The number of anilines is 2. The van der Waals surface area contributed by atoms with Gasteiger partial charge in [0.1, 0.15) is 5.82 Å². The Balaban J connectivity index is 1.63. The highest BCUT2D eigenvalue weighted by atomic mass is 32.1. The van der Waals surface area contributed by atoms with Crippen LogP contribution < -0.4 is 4.90 Å². The van der Waals surface area contributed by atoms with Gasteiger partial charge in [0.2, 0.25) is 0 Å². The smallest absolute Gasteiger partial charge is 0.283 e. The number of benzene rings is 1. The summed E-state index contributed by atoms with van der Waals surface area (Å²) < 4.78 is 5.32. The van der Waals surface area contributed by atoms with E-state index < -0.39 is 0 Å². The Bertz CT molecular complexity index is 695. The topological polar surface area (TPSA) is 45.7 Å². The summed E-state index contributed by atoms with van der Waals surface area (Å²) in [6.07, 6.45) is 2.10. The Morgan fingerprint density at radius 3 is 2.70 bits per heavy atom. The molecule has 1 fully saturated rings. The van der Waals surface area contributed by atoms with Gasteiger partial charge in [-0.05, 0) is 25.0 Å². The first-order valence-electron chi connectivity index (χ1n) is 8.02. The molecule has 5 nitrogen and oxygen atoms in total. The van der Waals surface area contributed by atoms with E-state index in [9.17, 15) is 4.79 Å². The lowest BCUT2D eigenvalue weighted by Gasteiger charge is -2.27. The summed E-state index contributed by atoms with van der Waals surface area (Å²) in [5, 5.41) is 0.611. The number of amides is 1. The molecule has 2 aliphatic rings. The number of morpholine rings is 1. The highest BCUT2D eigenvalue weighted by Gasteiger charge is 2.27. The van der Waals surface area contributed by atoms with E-state index >= 15 is 0 Å². The van der Waals surface area contributed by atoms with Crippen LogP contribution in [0.25, 0.3) is 0 Å². The van der Waals surface area contributed by atoms with Crippen molar-refractivity contribution >= 4 is 28.7 Å². The van der Waals surface area contributed by atoms with Crippen LogP contribution in [-0.4, -0.2) is 48.6 Å². The van der Waals surface area contributed by atoms with Crippen molar-refractivity contribution in [3.63, 3.8) is 0 Å². The van der Waals surface area contributed by atoms with Crippen molar-refractivity contribution in [2.45, 2.75) is 12.8 Å². The zero-order chi connectivity index (χ0) is 15.6. The van der Waals surface area contributed by atoms with Crippen molar-refractivity contribution < 1.29 is 9.53 Å². The molecule has 1 aromatic heterocycles. The third kappa shape index (κ3) is 2.84. The predicted octanol–water partition coefficient (Wildman–Crippen LogP) is 2.70. The van der Waals surface area contributed by atoms with Gasteiger partial charge in [-0.25, -0.2) is 4.98 Å². The summed E-state index contributed by atoms with van der Waals surface area (Å²) in [4.78, 5) is 22.7. The molecule has 0 N–H and O–H groups in total. The van der Waals surface area contributed by atoms with E-state index in [2.05, 4.69) is 17.0 Å². The first-order chi connectivity index (χ1) is 11.3. The molecule has 0 atom stereocenters. The first-order valence-corrected chi connectivity index (χ1v) is 8.84. The quantitative estimate of drug-likeness (QED) is 0.850. The molecule has 0 spiro atoms. The minimum Gasteiger partial charge on any atom is -0.378 e. The van der Waals surface area contributed by atoms with Gasteiger partial charge >= 0.3 is 0 Å². The van der Waals surface area contributed by atoms with E-state index in [0.717, 1.165) is 30.9 Å². The summed E-state index contributed by atoms with van der Waals surface area (Å²) >= 11 is 1.55. The number of para-hydroxylation sites is 1. The monoisotopic (exact) mass is 329 g/mol. The average Bonchev–Trinajstić information content (AvgIpc) is 3.06. The second-order valence-electron chi connectivity index (χ2n) is 5.76. The molecule has 3 heterocycles. The van der Waals surface area contributed by atoms with E-state index in [-0.39, 0.29) is 5.91 Å². The summed E-state index contributed by atoms with van der Waals surface area (Å²) in [5.74, 6) is 1.00. The molecule has 6 heteroatoms. The molecule has 1 amide bonds. The number of aromatic nitrogens is 1. The molecule has 1 aromatic carbocycles. The van der Waals surface area contributed by atoms with Gasteiger partial charge in [0, 0.05) is 30.2 Å². The third-order valence-electron chi connectivity index (χ3n) is 4.27. The maximum Gasteiger partial charge on any atom is 0.283 e. The third-order valence-corrected chi connectivity index (χ3v) is 5.36. The highest BCUT2D eigenvalue weighted by molar-refractivity contribution is 7.14. The number of hydrogen-bond acceptors (Lipinski definition) is 5. The molecule has 2 aromatic rings. The number of hydrogen-bond donors (Lipinski definition) is 0. The Kier molecular flexibility index (Phi) is 4.01. The average molecular weight is 329 g/mol. The maximum absolute atomic E-state index is 12.7. The highest BCUT2D eigenvalue weighted by Crippen LogP contribution is 2.36. The van der Waals surface area contributed by atoms with E-state index in [1.165, 1.54) is 4.88 Å². The lowest BCUT2D eigenvalue weighted by molar-refractivity contribution is 0.0302. The van der Waals surface area contributed by atoms with E-state index in [4.69, 9.17) is 9.72 Å². The van der Waals surface area contributed by atoms with E-state index in [1.807, 2.05) is 23.1 Å². The van der Waals surface area contributed by atoms with Crippen LogP contribution in [0, 0.1) is 0 Å². The predicted molar refractivity (Wildman–Crippen MR) is 90.6 cm³/mol. The van der Waals surface area contributed by atoms with Gasteiger partial charge in [-0.15, -0.1) is 11.3 Å². The summed E-state index contributed by atoms with van der Waals surface area (Å²) in [6.45, 7) is 3.50. The standard InChI is InChI=1S/C17H19N3O2S/c21-17(19-9-11-22-12-10-19)16-18-15-14(23-16)7-4-8-20(15)13-5-2-1-3-6-13/h1-3,5-6H,4,7-12H2. The summed E-state index contributed by atoms with van der Waals surface area (Å²) in [6, 6.07) is 10.3. The van der Waals surface area contributed by atoms with Crippen LogP contribution in [0.4, 0.5) is 11.5 Å². The molecular formula is C17H19N3O2S. The molecule has 120 valence electrons. The van der Waals surface area contributed by atoms with Crippen LogP contribution in [0.3, 0.4) is 0 Å². The van der Waals surface area contributed by atoms with Crippen molar-refractivity contribution in [2.24, 2.45) is 0 Å². The van der Waals surface area contributed by atoms with Crippen molar-refractivity contribution in [3.8, 4) is 0 Å². The molecular weight excluding hydrogens is 310 g/mol. The van der Waals surface area contributed by atoms with Gasteiger partial charge in [-0.1, -0.05) is 18.2 Å². The number of carbonyl (C=O) groups is 1. The van der Waals surface area contributed by atoms with Crippen LogP contribution in [0.2, 0.25) is 0 Å². The molecule has 4 rings (SSSR count). The molecule has 0 unspecified atom stereocenters. The van der Waals surface area contributed by atoms with Crippen LogP contribution in [0.5, 0.6) is 0 Å². The van der Waals surface area contributed by atoms with Gasteiger partial charge < -0.3 is 14.5 Å². The molecule has 0 radical (unpaired) electrons. The Morgan fingerprint density at radius 2 is 1.91 bits per heavy atom. The number of fused-ring (bicyclic) bond motifs is 1. The van der Waals surface area contributed by atoms with Crippen molar-refractivity contribution in [1.82, 2.24) is 9.88 Å². The number of thiazole rings is 1. The SMILES string of the molecule is O=C(c1nc2c(s1)CCCN2c1ccccc1)N1CCOCC1. The van der Waals surface area contributed by atoms with Gasteiger partial charge in [0.05, 0.1) is 13.2 Å². The fourth-order valence-corrected chi connectivity index (χ4v) is 4.15. The molecule has 0 bridgehead atoms. The number of rotatable bonds is 2. The van der Waals surface area contributed by atoms with Gasteiger partial charge in [-0.2, -0.15) is 0 Å². The largest absolute Gasteiger partial charge is 0.378 e. The molecule has 2 aliphatic heterocycles. The Hall–Kier alpha value is -1.92. The summed E-state index contributed by atoms with van der Waals surface area (Å²) in [5.41, 5.74) is 1.14. The van der Waals surface area contributed by atoms with Gasteiger partial charge in [0.15, 0.2) is 5.01 Å². The van der Waals surface area contributed by atoms with Crippen LogP contribution in [-0.2, 0) is 11.2 Å². The van der Waals surface area contributed by atoms with Crippen LogP contribution in [0.1, 0.15) is 21.1 Å². The van der Waals surface area contributed by atoms with Crippen molar-refractivity contribution in [3.05, 3.63) is 40.2 Å². The number of carbonyl (C=O) groups excluding carboxylic acids is 1. The molecule has 1 saturated heterocycles. The molecule has 0 aliphatic carbocycles. The Morgan fingerprint density at radius 1 is 1.13 bits per heavy atom. The van der Waals surface area contributed by atoms with E-state index in [1.54, 1.807) is 11.3 Å². The van der Waals surface area contributed by atoms with Crippen LogP contribution in [0.15, 0.2) is 30.3 Å². The normalized spacial score (nSPS) is 17.9. The second kappa shape index (κ2) is 6.29. The fourth-order valence-electron chi connectivity index (χ4n) is 3.07. The van der Waals surface area contributed by atoms with Gasteiger partial charge in [0.25, 0.3) is 5.91 Å². The molecule has 23 heavy (non-hydrogen) atoms. The zero-order valence-electron chi connectivity index (χ0n) is 12.9. The minimum atomic E-state index is 0.0423. The fraction of sp³-hybridized carbons (Fsp3) is 0.412. The number of aryl methyl sites for hydroxylation is 1. The van der Waals surface area contributed by atoms with Gasteiger partial charge in [-0.3, -0.25) is 4.79 Å². The Labute approximate surface area is 139 Å². The summed E-state index contributed by atoms with van der Waals surface area (Å²) in [7, 11) is 0. The molecule has 0 saturated carbocycles. The number of ether oxygens (including phenoxy) is 1. The minimum absolute atomic E-state index is 0.0423. The first kappa shape index (κ1) is 14.7. The maximum atomic E-state index is 12.7. The lowest BCUT2D eigenvalue weighted by atomic mass is 10.1. The van der Waals surface area contributed by atoms with Crippen LogP contribution >= 0.6 is 11.3 Å². The lowest BCUT2D eigenvalue weighted by Crippen LogP contribution is -2.40. The zero-order valence-corrected chi connectivity index (χ0v) is 13.7.